The van der Waals surface area contributed by atoms with Crippen LogP contribution >= 0.6 is 0 Å². The van der Waals surface area contributed by atoms with Gasteiger partial charge in [0.2, 0.25) is 0 Å². The van der Waals surface area contributed by atoms with Crippen LogP contribution in [0.5, 0.6) is 0 Å². The normalized spacial score (nSPS) is 16.4. The first-order valence-electron chi connectivity index (χ1n) is 11.3. The molecule has 154 valence electrons. The van der Waals surface area contributed by atoms with Gasteiger partial charge in [-0.1, -0.05) is 124 Å². The third-order valence-corrected chi connectivity index (χ3v) is 9.20. The Hall–Kier alpha value is -2.38. The number of hydrogen-bond donors (Lipinski definition) is 0. The molecule has 0 bridgehead atoms. The lowest BCUT2D eigenvalue weighted by Crippen LogP contribution is -2.25. The van der Waals surface area contributed by atoms with Crippen molar-refractivity contribution in [1.82, 2.24) is 0 Å². The highest BCUT2D eigenvalue weighted by Crippen LogP contribution is 2.43. The Morgan fingerprint density at radius 2 is 1.53 bits per heavy atom. The lowest BCUT2D eigenvalue weighted by molar-refractivity contribution is 0.590. The van der Waals surface area contributed by atoms with Crippen LogP contribution in [0.1, 0.15) is 62.4 Å². The molecule has 1 aliphatic rings. The molecule has 0 saturated heterocycles. The zero-order valence-electron chi connectivity index (χ0n) is 19.3. The van der Waals surface area contributed by atoms with Crippen molar-refractivity contribution in [2.45, 2.75) is 52.5 Å². The summed E-state index contributed by atoms with van der Waals surface area (Å²) in [6.45, 7) is 13.8. The fourth-order valence-electron chi connectivity index (χ4n) is 4.75. The topological polar surface area (TPSA) is 0 Å². The molecule has 0 fully saturated rings. The van der Waals surface area contributed by atoms with E-state index in [1.54, 1.807) is 16.3 Å². The maximum absolute atomic E-state index is 2.52. The Bertz CT molecular complexity index is 1080. The van der Waals surface area contributed by atoms with Crippen molar-refractivity contribution < 1.29 is 0 Å². The molecule has 3 aromatic rings. The number of benzene rings is 3. The van der Waals surface area contributed by atoms with Gasteiger partial charge in [0.05, 0.1) is 9.52 Å². The molecule has 1 atom stereocenters. The highest BCUT2D eigenvalue weighted by molar-refractivity contribution is 6.57. The molecule has 0 aliphatic heterocycles. The van der Waals surface area contributed by atoms with E-state index >= 15 is 0 Å². The molecule has 0 spiro atoms. The first-order valence-corrected chi connectivity index (χ1v) is 12.8. The average Bonchev–Trinajstić information content (AvgIpc) is 3.08. The summed E-state index contributed by atoms with van der Waals surface area (Å²) < 4.78 is 0. The van der Waals surface area contributed by atoms with E-state index in [-0.39, 0.29) is 5.41 Å². The first-order chi connectivity index (χ1) is 14.3. The zero-order chi connectivity index (χ0) is 21.5. The summed E-state index contributed by atoms with van der Waals surface area (Å²) in [6, 6.07) is 25.2. The van der Waals surface area contributed by atoms with Gasteiger partial charge in [0, 0.05) is 0 Å². The van der Waals surface area contributed by atoms with Gasteiger partial charge in [0.15, 0.2) is 0 Å². The molecule has 1 aliphatic carbocycles. The van der Waals surface area contributed by atoms with Gasteiger partial charge in [-0.3, -0.25) is 0 Å². The minimum atomic E-state index is -0.452. The Morgan fingerprint density at radius 3 is 2.17 bits per heavy atom. The van der Waals surface area contributed by atoms with Crippen LogP contribution < -0.4 is 5.19 Å². The highest BCUT2D eigenvalue weighted by Gasteiger charge is 2.29. The van der Waals surface area contributed by atoms with Crippen molar-refractivity contribution >= 4 is 20.8 Å². The van der Waals surface area contributed by atoms with Crippen molar-refractivity contribution in [1.29, 1.82) is 0 Å². The van der Waals surface area contributed by atoms with Crippen LogP contribution in [-0.2, 0) is 5.41 Å². The van der Waals surface area contributed by atoms with Crippen LogP contribution in [0.25, 0.3) is 17.2 Å². The summed E-state index contributed by atoms with van der Waals surface area (Å²) in [7, 11) is -0.452. The van der Waals surface area contributed by atoms with Gasteiger partial charge >= 0.3 is 0 Å². The minimum Gasteiger partial charge on any atom is -0.0634 e. The second kappa shape index (κ2) is 8.04. The molecular formula is C29H34Si. The molecule has 1 unspecified atom stereocenters. The van der Waals surface area contributed by atoms with Crippen molar-refractivity contribution in [3.63, 3.8) is 0 Å². The molecule has 3 aromatic carbocycles. The van der Waals surface area contributed by atoms with Crippen molar-refractivity contribution in [3.8, 4) is 11.1 Å². The van der Waals surface area contributed by atoms with Gasteiger partial charge in [0.25, 0.3) is 0 Å². The third-order valence-electron chi connectivity index (χ3n) is 6.64. The second-order valence-electron chi connectivity index (χ2n) is 10.1. The van der Waals surface area contributed by atoms with Crippen LogP contribution in [-0.4, -0.2) is 9.52 Å². The van der Waals surface area contributed by atoms with E-state index in [0.717, 1.165) is 0 Å². The fourth-order valence-corrected chi connectivity index (χ4v) is 7.30. The van der Waals surface area contributed by atoms with Gasteiger partial charge in [0.1, 0.15) is 0 Å². The van der Waals surface area contributed by atoms with Gasteiger partial charge in [-0.25, -0.2) is 0 Å². The summed E-state index contributed by atoms with van der Waals surface area (Å²) in [6.07, 6.45) is 2.52. The quantitative estimate of drug-likeness (QED) is 0.428. The molecule has 0 aromatic heterocycles. The maximum Gasteiger partial charge on any atom is 0.0678 e. The van der Waals surface area contributed by atoms with Gasteiger partial charge in [-0.15, -0.1) is 0 Å². The highest BCUT2D eigenvalue weighted by atomic mass is 28.2. The van der Waals surface area contributed by atoms with Crippen molar-refractivity contribution in [2.24, 2.45) is 5.92 Å². The molecule has 0 N–H and O–H groups in total. The van der Waals surface area contributed by atoms with E-state index in [2.05, 4.69) is 114 Å². The van der Waals surface area contributed by atoms with E-state index in [1.807, 2.05) is 0 Å². The molecule has 0 nitrogen and oxygen atoms in total. The van der Waals surface area contributed by atoms with Crippen LogP contribution in [0.4, 0.5) is 0 Å². The van der Waals surface area contributed by atoms with E-state index in [1.165, 1.54) is 27.8 Å². The Morgan fingerprint density at radius 1 is 0.833 bits per heavy atom. The summed E-state index contributed by atoms with van der Waals surface area (Å²) in [4.78, 5) is 0. The molecule has 0 radical (unpaired) electrons. The standard InChI is InChI=1S/C29H34Si/c1-19(2)25-18-26-23(21-14-16-22(17-15-21)29(4,5)6)11-9-12-24(26)28(25)30-27-13-8-7-10-20(27)3/h7-19,28H,30H2,1-6H3. The van der Waals surface area contributed by atoms with Gasteiger partial charge in [-0.2, -0.15) is 0 Å². The van der Waals surface area contributed by atoms with Crippen LogP contribution in [0.2, 0.25) is 0 Å². The molecule has 4 rings (SSSR count). The maximum atomic E-state index is 2.52. The third kappa shape index (κ3) is 3.96. The first kappa shape index (κ1) is 20.9. The minimum absolute atomic E-state index is 0.187. The predicted octanol–water partition coefficient (Wildman–Crippen LogP) is 6.55. The Labute approximate surface area is 184 Å². The SMILES string of the molecule is Cc1ccccc1[SiH2]C1C(C(C)C)=Cc2c(-c3ccc(C(C)(C)C)cc3)cccc21. The molecule has 30 heavy (non-hydrogen) atoms. The monoisotopic (exact) mass is 410 g/mol. The smallest absolute Gasteiger partial charge is 0.0634 e. The largest absolute Gasteiger partial charge is 0.0678 e. The summed E-state index contributed by atoms with van der Waals surface area (Å²) >= 11 is 0. The number of rotatable bonds is 4. The lowest BCUT2D eigenvalue weighted by Gasteiger charge is -2.21. The van der Waals surface area contributed by atoms with Crippen LogP contribution in [0, 0.1) is 12.8 Å². The van der Waals surface area contributed by atoms with Gasteiger partial charge in [-0.05, 0) is 51.6 Å². The molecule has 1 heteroatoms. The Kier molecular flexibility index (Phi) is 5.59. The summed E-state index contributed by atoms with van der Waals surface area (Å²) in [5.74, 6) is 0.579. The van der Waals surface area contributed by atoms with Crippen LogP contribution in [0.3, 0.4) is 0 Å². The van der Waals surface area contributed by atoms with Crippen molar-refractivity contribution in [3.05, 3.63) is 94.6 Å². The predicted molar refractivity (Wildman–Crippen MR) is 135 cm³/mol. The fraction of sp³-hybridized carbons (Fsp3) is 0.310. The van der Waals surface area contributed by atoms with Crippen LogP contribution in [0.15, 0.2) is 72.3 Å². The second-order valence-corrected chi connectivity index (χ2v) is 12.1. The van der Waals surface area contributed by atoms with E-state index in [4.69, 9.17) is 0 Å². The van der Waals surface area contributed by atoms with E-state index < -0.39 is 9.52 Å². The van der Waals surface area contributed by atoms with E-state index in [9.17, 15) is 0 Å². The molecule has 0 heterocycles. The average molecular weight is 411 g/mol. The molecule has 0 amide bonds. The zero-order valence-corrected chi connectivity index (χ0v) is 20.7. The number of fused-ring (bicyclic) bond motifs is 1. The number of hydrogen-bond acceptors (Lipinski definition) is 0. The number of allylic oxidation sites excluding steroid dienone is 1. The Balaban J connectivity index is 1.77. The summed E-state index contributed by atoms with van der Waals surface area (Å²) in [5.41, 5.74) is 11.0. The van der Waals surface area contributed by atoms with Crippen molar-refractivity contribution in [2.75, 3.05) is 0 Å². The molecule has 0 saturated carbocycles. The lowest BCUT2D eigenvalue weighted by atomic mass is 9.86. The van der Waals surface area contributed by atoms with Gasteiger partial charge < -0.3 is 0 Å². The van der Waals surface area contributed by atoms with E-state index in [0.29, 0.717) is 11.5 Å². The number of aryl methyl sites for hydroxylation is 1. The summed E-state index contributed by atoms with van der Waals surface area (Å²) in [5, 5.41) is 1.60. The molecular weight excluding hydrogens is 376 g/mol.